The van der Waals surface area contributed by atoms with Crippen LogP contribution in [0.1, 0.15) is 15.9 Å². The molecule has 0 radical (unpaired) electrons. The summed E-state index contributed by atoms with van der Waals surface area (Å²) in [5.41, 5.74) is 4.68. The number of benzene rings is 1. The Bertz CT molecular complexity index is 869. The average molecular weight is 245 g/mol. The Morgan fingerprint density at radius 3 is 2.42 bits per heavy atom. The van der Waals surface area contributed by atoms with Gasteiger partial charge in [-0.1, -0.05) is 36.4 Å². The van der Waals surface area contributed by atoms with Gasteiger partial charge in [-0.2, -0.15) is 0 Å². The van der Waals surface area contributed by atoms with Crippen LogP contribution in [-0.2, 0) is 0 Å². The van der Waals surface area contributed by atoms with Crippen molar-refractivity contribution in [1.82, 2.24) is 4.40 Å². The predicted octanol–water partition coefficient (Wildman–Crippen LogP) is 3.76. The molecule has 0 spiro atoms. The fraction of sp³-hybridized carbons (Fsp3) is 0. The van der Waals surface area contributed by atoms with Gasteiger partial charge >= 0.3 is 0 Å². The molecule has 0 fully saturated rings. The average Bonchev–Trinajstić information content (AvgIpc) is 3.05. The third-order valence-corrected chi connectivity index (χ3v) is 3.55. The number of pyridine rings is 1. The molecule has 0 N–H and O–H groups in total. The summed E-state index contributed by atoms with van der Waals surface area (Å²) in [4.78, 5) is 12.6. The lowest BCUT2D eigenvalue weighted by Gasteiger charge is -2.01. The minimum atomic E-state index is 0.0804. The van der Waals surface area contributed by atoms with Crippen LogP contribution in [0.4, 0.5) is 0 Å². The summed E-state index contributed by atoms with van der Waals surface area (Å²) in [5, 5.41) is 0. The molecule has 90 valence electrons. The lowest BCUT2D eigenvalue weighted by atomic mass is 10.0. The highest BCUT2D eigenvalue weighted by Gasteiger charge is 2.16. The molecule has 0 amide bonds. The van der Waals surface area contributed by atoms with Crippen LogP contribution in [0.5, 0.6) is 0 Å². The maximum atomic E-state index is 12.6. The standard InChI is InChI=1S/C17H11NO/c19-17(12-5-2-1-3-6-12)15-11-14-10-9-13-7-4-8-16(15)18(13)14/h1-11H. The molecule has 0 bridgehead atoms. The Morgan fingerprint density at radius 2 is 1.58 bits per heavy atom. The second-order valence-corrected chi connectivity index (χ2v) is 4.68. The Balaban J connectivity index is 1.99. The topological polar surface area (TPSA) is 21.5 Å². The van der Waals surface area contributed by atoms with Crippen LogP contribution in [0.2, 0.25) is 0 Å². The van der Waals surface area contributed by atoms with Crippen molar-refractivity contribution in [1.29, 1.82) is 0 Å². The summed E-state index contributed by atoms with van der Waals surface area (Å²) in [6, 6.07) is 21.5. The van der Waals surface area contributed by atoms with Crippen LogP contribution < -0.4 is 0 Å². The minimum Gasteiger partial charge on any atom is -0.310 e. The van der Waals surface area contributed by atoms with Crippen LogP contribution in [-0.4, -0.2) is 10.2 Å². The van der Waals surface area contributed by atoms with E-state index in [9.17, 15) is 4.79 Å². The maximum absolute atomic E-state index is 12.6. The smallest absolute Gasteiger partial charge is 0.195 e. The molecule has 4 rings (SSSR count). The largest absolute Gasteiger partial charge is 0.310 e. The van der Waals surface area contributed by atoms with E-state index in [1.54, 1.807) is 0 Å². The van der Waals surface area contributed by atoms with Gasteiger partial charge in [-0.15, -0.1) is 0 Å². The third-order valence-electron chi connectivity index (χ3n) is 3.55. The Hall–Kier alpha value is -2.61. The van der Waals surface area contributed by atoms with Crippen molar-refractivity contribution >= 4 is 22.3 Å². The number of hydrogen-bond donors (Lipinski definition) is 0. The fourth-order valence-electron chi connectivity index (χ4n) is 2.66. The summed E-state index contributed by atoms with van der Waals surface area (Å²) in [6.07, 6.45) is 0. The van der Waals surface area contributed by atoms with Gasteiger partial charge in [-0.3, -0.25) is 4.79 Å². The Morgan fingerprint density at radius 1 is 0.789 bits per heavy atom. The summed E-state index contributed by atoms with van der Waals surface area (Å²) in [7, 11) is 0. The summed E-state index contributed by atoms with van der Waals surface area (Å²) in [5.74, 6) is 0.0804. The highest BCUT2D eigenvalue weighted by atomic mass is 16.1. The Labute approximate surface area is 110 Å². The van der Waals surface area contributed by atoms with E-state index < -0.39 is 0 Å². The second-order valence-electron chi connectivity index (χ2n) is 4.68. The molecule has 0 unspecified atom stereocenters. The number of aromatic nitrogens is 1. The van der Waals surface area contributed by atoms with Crippen molar-refractivity contribution in [3.63, 3.8) is 0 Å². The van der Waals surface area contributed by atoms with E-state index in [1.165, 1.54) is 0 Å². The zero-order valence-corrected chi connectivity index (χ0v) is 10.2. The van der Waals surface area contributed by atoms with E-state index in [-0.39, 0.29) is 5.78 Å². The highest BCUT2D eigenvalue weighted by molar-refractivity contribution is 6.14. The van der Waals surface area contributed by atoms with Crippen molar-refractivity contribution in [2.75, 3.05) is 0 Å². The van der Waals surface area contributed by atoms with Crippen LogP contribution in [0.25, 0.3) is 16.6 Å². The molecule has 0 saturated heterocycles. The molecule has 0 atom stereocenters. The zero-order valence-electron chi connectivity index (χ0n) is 10.2. The van der Waals surface area contributed by atoms with E-state index in [2.05, 4.69) is 16.5 Å². The molecule has 1 aromatic carbocycles. The fourth-order valence-corrected chi connectivity index (χ4v) is 2.66. The first kappa shape index (κ1) is 10.3. The monoisotopic (exact) mass is 245 g/mol. The van der Waals surface area contributed by atoms with Crippen LogP contribution in [0.15, 0.2) is 66.7 Å². The summed E-state index contributed by atoms with van der Waals surface area (Å²) < 4.78 is 2.12. The number of hydrogen-bond acceptors (Lipinski definition) is 1. The lowest BCUT2D eigenvalue weighted by Crippen LogP contribution is -2.00. The summed E-state index contributed by atoms with van der Waals surface area (Å²) >= 11 is 0. The van der Waals surface area contributed by atoms with Gasteiger partial charge in [0.05, 0.1) is 5.52 Å². The lowest BCUT2D eigenvalue weighted by molar-refractivity contribution is 0.104. The maximum Gasteiger partial charge on any atom is 0.195 e. The Kier molecular flexibility index (Phi) is 2.00. The molecule has 4 aromatic rings. The van der Waals surface area contributed by atoms with Gasteiger partial charge in [-0.25, -0.2) is 0 Å². The molecule has 0 saturated carbocycles. The molecular weight excluding hydrogens is 234 g/mol. The first-order valence-corrected chi connectivity index (χ1v) is 6.27. The molecule has 2 heteroatoms. The molecule has 0 aliphatic carbocycles. The van der Waals surface area contributed by atoms with E-state index in [1.807, 2.05) is 54.6 Å². The van der Waals surface area contributed by atoms with Gasteiger partial charge in [0.15, 0.2) is 5.78 Å². The molecule has 3 heterocycles. The number of rotatable bonds is 2. The van der Waals surface area contributed by atoms with E-state index >= 15 is 0 Å². The van der Waals surface area contributed by atoms with Crippen LogP contribution in [0.3, 0.4) is 0 Å². The quantitative estimate of drug-likeness (QED) is 0.493. The van der Waals surface area contributed by atoms with E-state index in [4.69, 9.17) is 0 Å². The van der Waals surface area contributed by atoms with Gasteiger partial charge in [0.1, 0.15) is 0 Å². The van der Waals surface area contributed by atoms with Crippen molar-refractivity contribution in [2.24, 2.45) is 0 Å². The minimum absolute atomic E-state index is 0.0804. The van der Waals surface area contributed by atoms with Gasteiger partial charge in [-0.05, 0) is 30.3 Å². The molecular formula is C17H11NO. The van der Waals surface area contributed by atoms with Gasteiger partial charge < -0.3 is 4.40 Å². The summed E-state index contributed by atoms with van der Waals surface area (Å²) in [6.45, 7) is 0. The zero-order chi connectivity index (χ0) is 12.8. The van der Waals surface area contributed by atoms with E-state index in [0.717, 1.165) is 27.7 Å². The molecule has 2 nitrogen and oxygen atoms in total. The molecule has 3 aromatic heterocycles. The number of ketones is 1. The molecule has 19 heavy (non-hydrogen) atoms. The van der Waals surface area contributed by atoms with Crippen molar-refractivity contribution in [3.8, 4) is 0 Å². The highest BCUT2D eigenvalue weighted by Crippen LogP contribution is 2.25. The van der Waals surface area contributed by atoms with Crippen molar-refractivity contribution in [3.05, 3.63) is 77.9 Å². The number of carbonyl (C=O) groups is 1. The third kappa shape index (κ3) is 1.40. The SMILES string of the molecule is O=C(c1ccccc1)c1cc2ccc3cccc1n32. The first-order valence-electron chi connectivity index (χ1n) is 6.27. The molecule has 0 aliphatic rings. The number of carbonyl (C=O) groups excluding carboxylic acids is 1. The van der Waals surface area contributed by atoms with Crippen molar-refractivity contribution < 1.29 is 4.79 Å². The van der Waals surface area contributed by atoms with Gasteiger partial charge in [0.25, 0.3) is 0 Å². The van der Waals surface area contributed by atoms with E-state index in [0.29, 0.717) is 0 Å². The molecule has 0 aliphatic heterocycles. The van der Waals surface area contributed by atoms with Crippen LogP contribution in [0, 0.1) is 0 Å². The normalized spacial score (nSPS) is 11.4. The number of nitrogens with zero attached hydrogens (tertiary/aromatic N) is 1. The van der Waals surface area contributed by atoms with Crippen LogP contribution >= 0.6 is 0 Å². The van der Waals surface area contributed by atoms with Crippen molar-refractivity contribution in [2.45, 2.75) is 0 Å². The second kappa shape index (κ2) is 3.69. The first-order chi connectivity index (χ1) is 9.34. The van der Waals surface area contributed by atoms with Gasteiger partial charge in [0, 0.05) is 22.2 Å². The predicted molar refractivity (Wildman–Crippen MR) is 76.0 cm³/mol. The van der Waals surface area contributed by atoms with Gasteiger partial charge in [0.2, 0.25) is 0 Å².